The molecule has 0 N–H and O–H groups in total. The Bertz CT molecular complexity index is 1040. The van der Waals surface area contributed by atoms with Gasteiger partial charge in [-0.05, 0) is 29.8 Å². The maximum atomic E-state index is 6.10. The summed E-state index contributed by atoms with van der Waals surface area (Å²) in [6.07, 6.45) is 0.635. The smallest absolute Gasteiger partial charge is 0.234 e. The van der Waals surface area contributed by atoms with E-state index in [2.05, 4.69) is 15.3 Å². The first-order chi connectivity index (χ1) is 12.1. The lowest BCUT2D eigenvalue weighted by molar-refractivity contribution is 0.414. The highest BCUT2D eigenvalue weighted by molar-refractivity contribution is 7.19. The average Bonchev–Trinajstić information content (AvgIpc) is 3.20. The molecule has 0 fully saturated rings. The van der Waals surface area contributed by atoms with Gasteiger partial charge in [-0.25, -0.2) is 0 Å². The van der Waals surface area contributed by atoms with Crippen LogP contribution in [0.4, 0.5) is 0 Å². The first-order valence-electron chi connectivity index (χ1n) is 7.43. The van der Waals surface area contributed by atoms with Crippen LogP contribution < -0.4 is 4.74 Å². The minimum absolute atomic E-state index is 0.503. The monoisotopic (exact) mass is 390 g/mol. The van der Waals surface area contributed by atoms with Crippen LogP contribution in [0.5, 0.6) is 5.75 Å². The molecule has 126 valence electrons. The van der Waals surface area contributed by atoms with E-state index in [0.29, 0.717) is 16.5 Å². The van der Waals surface area contributed by atoms with E-state index in [4.69, 9.17) is 27.9 Å². The normalized spacial score (nSPS) is 11.2. The van der Waals surface area contributed by atoms with Crippen LogP contribution in [-0.4, -0.2) is 26.9 Å². The minimum atomic E-state index is 0.503. The average molecular weight is 391 g/mol. The molecule has 0 saturated carbocycles. The summed E-state index contributed by atoms with van der Waals surface area (Å²) in [5.74, 6) is 1.61. The first-order valence-corrected chi connectivity index (χ1v) is 9.01. The number of hydrogen-bond acceptors (Lipinski definition) is 5. The van der Waals surface area contributed by atoms with Crippen LogP contribution in [0.3, 0.4) is 0 Å². The Kier molecular flexibility index (Phi) is 4.33. The Morgan fingerprint density at radius 2 is 1.84 bits per heavy atom. The lowest BCUT2D eigenvalue weighted by atomic mass is 10.1. The molecule has 5 nitrogen and oxygen atoms in total. The van der Waals surface area contributed by atoms with E-state index < -0.39 is 0 Å². The standard InChI is InChI=1S/C17H12Cl2N4OS/c1-24-12-5-2-10(3-6-12)8-15-20-21-17-23(15)22-16(25-17)11-4-7-13(18)14(19)9-11/h2-7,9H,8H2,1H3. The topological polar surface area (TPSA) is 52.3 Å². The fourth-order valence-corrected chi connectivity index (χ4v) is 3.59. The minimum Gasteiger partial charge on any atom is -0.497 e. The van der Waals surface area contributed by atoms with Crippen LogP contribution in [0.2, 0.25) is 10.0 Å². The number of rotatable bonds is 4. The summed E-state index contributed by atoms with van der Waals surface area (Å²) in [6.45, 7) is 0. The molecule has 0 aliphatic carbocycles. The zero-order chi connectivity index (χ0) is 17.4. The lowest BCUT2D eigenvalue weighted by Gasteiger charge is -2.02. The van der Waals surface area contributed by atoms with Crippen molar-refractivity contribution in [3.05, 3.63) is 63.9 Å². The third-order valence-electron chi connectivity index (χ3n) is 3.74. The van der Waals surface area contributed by atoms with Gasteiger partial charge in [-0.2, -0.15) is 9.61 Å². The van der Waals surface area contributed by atoms with Crippen molar-refractivity contribution in [3.8, 4) is 16.3 Å². The molecule has 0 radical (unpaired) electrons. The summed E-state index contributed by atoms with van der Waals surface area (Å²) < 4.78 is 6.95. The van der Waals surface area contributed by atoms with Gasteiger partial charge < -0.3 is 4.74 Å². The number of halogens is 2. The molecule has 0 amide bonds. The number of ether oxygens (including phenoxy) is 1. The molecule has 0 spiro atoms. The van der Waals surface area contributed by atoms with Crippen molar-refractivity contribution in [3.63, 3.8) is 0 Å². The van der Waals surface area contributed by atoms with Crippen LogP contribution in [0, 0.1) is 0 Å². The van der Waals surface area contributed by atoms with E-state index in [-0.39, 0.29) is 0 Å². The van der Waals surface area contributed by atoms with Crippen molar-refractivity contribution in [2.24, 2.45) is 0 Å². The molecule has 2 aromatic carbocycles. The largest absolute Gasteiger partial charge is 0.497 e. The van der Waals surface area contributed by atoms with E-state index >= 15 is 0 Å². The Labute approximate surface area is 157 Å². The molecular weight excluding hydrogens is 379 g/mol. The highest BCUT2D eigenvalue weighted by Crippen LogP contribution is 2.31. The Morgan fingerprint density at radius 3 is 2.56 bits per heavy atom. The first kappa shape index (κ1) is 16.3. The molecule has 0 aliphatic rings. The van der Waals surface area contributed by atoms with Gasteiger partial charge in [0.2, 0.25) is 4.96 Å². The van der Waals surface area contributed by atoms with Gasteiger partial charge in [0, 0.05) is 12.0 Å². The molecule has 2 aromatic heterocycles. The zero-order valence-corrected chi connectivity index (χ0v) is 15.4. The van der Waals surface area contributed by atoms with Crippen molar-refractivity contribution < 1.29 is 4.74 Å². The predicted molar refractivity (Wildman–Crippen MR) is 99.9 cm³/mol. The molecule has 4 rings (SSSR count). The van der Waals surface area contributed by atoms with E-state index in [1.165, 1.54) is 11.3 Å². The summed E-state index contributed by atoms with van der Waals surface area (Å²) in [5.41, 5.74) is 2.01. The van der Waals surface area contributed by atoms with Gasteiger partial charge in [0.25, 0.3) is 0 Å². The molecule has 25 heavy (non-hydrogen) atoms. The van der Waals surface area contributed by atoms with Crippen LogP contribution in [-0.2, 0) is 6.42 Å². The lowest BCUT2D eigenvalue weighted by Crippen LogP contribution is -1.98. The highest BCUT2D eigenvalue weighted by Gasteiger charge is 2.14. The molecule has 2 heterocycles. The molecule has 4 aromatic rings. The number of fused-ring (bicyclic) bond motifs is 1. The number of methoxy groups -OCH3 is 1. The SMILES string of the molecule is COc1ccc(Cc2nnc3sc(-c4ccc(Cl)c(Cl)c4)nn23)cc1. The molecule has 0 bridgehead atoms. The van der Waals surface area contributed by atoms with E-state index in [0.717, 1.165) is 32.7 Å². The summed E-state index contributed by atoms with van der Waals surface area (Å²) >= 11 is 13.5. The summed E-state index contributed by atoms with van der Waals surface area (Å²) in [5, 5.41) is 14.9. The van der Waals surface area contributed by atoms with Crippen LogP contribution >= 0.6 is 34.5 Å². The maximum absolute atomic E-state index is 6.10. The van der Waals surface area contributed by atoms with Gasteiger partial charge >= 0.3 is 0 Å². The molecule has 0 unspecified atom stereocenters. The second-order valence-corrected chi connectivity index (χ2v) is 7.14. The number of nitrogens with zero attached hydrogens (tertiary/aromatic N) is 4. The van der Waals surface area contributed by atoms with Crippen LogP contribution in [0.15, 0.2) is 42.5 Å². The molecule has 0 atom stereocenters. The second kappa shape index (κ2) is 6.63. The Balaban J connectivity index is 1.66. The van der Waals surface area contributed by atoms with Crippen molar-refractivity contribution in [2.45, 2.75) is 6.42 Å². The molecule has 0 saturated heterocycles. The zero-order valence-electron chi connectivity index (χ0n) is 13.1. The fraction of sp³-hybridized carbons (Fsp3) is 0.118. The number of hydrogen-bond donors (Lipinski definition) is 0. The third-order valence-corrected chi connectivity index (χ3v) is 5.43. The van der Waals surface area contributed by atoms with Crippen molar-refractivity contribution in [2.75, 3.05) is 7.11 Å². The maximum Gasteiger partial charge on any atom is 0.234 e. The molecular formula is C17H12Cl2N4OS. The van der Waals surface area contributed by atoms with Gasteiger partial charge in [-0.3, -0.25) is 0 Å². The summed E-state index contributed by atoms with van der Waals surface area (Å²) in [7, 11) is 1.65. The number of aromatic nitrogens is 4. The van der Waals surface area contributed by atoms with Crippen LogP contribution in [0.1, 0.15) is 11.4 Å². The van der Waals surface area contributed by atoms with Crippen molar-refractivity contribution >= 4 is 39.5 Å². The molecule has 8 heteroatoms. The second-order valence-electron chi connectivity index (χ2n) is 5.37. The van der Waals surface area contributed by atoms with Gasteiger partial charge in [-0.1, -0.05) is 52.7 Å². The van der Waals surface area contributed by atoms with E-state index in [1.54, 1.807) is 23.8 Å². The van der Waals surface area contributed by atoms with Crippen molar-refractivity contribution in [1.29, 1.82) is 0 Å². The van der Waals surface area contributed by atoms with Gasteiger partial charge in [0.15, 0.2) is 5.82 Å². The van der Waals surface area contributed by atoms with E-state index in [9.17, 15) is 0 Å². The Hall–Kier alpha value is -2.15. The van der Waals surface area contributed by atoms with Gasteiger partial charge in [0.05, 0.1) is 17.2 Å². The summed E-state index contributed by atoms with van der Waals surface area (Å²) in [4.78, 5) is 0.740. The van der Waals surface area contributed by atoms with Crippen LogP contribution in [0.25, 0.3) is 15.5 Å². The fourth-order valence-electron chi connectivity index (χ4n) is 2.44. The predicted octanol–water partition coefficient (Wildman–Crippen LogP) is 4.76. The van der Waals surface area contributed by atoms with Gasteiger partial charge in [0.1, 0.15) is 10.8 Å². The quantitative estimate of drug-likeness (QED) is 0.503. The van der Waals surface area contributed by atoms with E-state index in [1.807, 2.05) is 30.3 Å². The Morgan fingerprint density at radius 1 is 1.04 bits per heavy atom. The highest BCUT2D eigenvalue weighted by atomic mass is 35.5. The molecule has 0 aliphatic heterocycles. The van der Waals surface area contributed by atoms with Crippen molar-refractivity contribution in [1.82, 2.24) is 19.8 Å². The van der Waals surface area contributed by atoms with Gasteiger partial charge in [-0.15, -0.1) is 10.2 Å². The number of benzene rings is 2. The summed E-state index contributed by atoms with van der Waals surface area (Å²) in [6, 6.07) is 13.3. The third kappa shape index (κ3) is 3.20.